The monoisotopic (exact) mass is 213 g/mol. The van der Waals surface area contributed by atoms with Crippen molar-refractivity contribution in [3.63, 3.8) is 0 Å². The summed E-state index contributed by atoms with van der Waals surface area (Å²) in [6.45, 7) is 3.27. The molecule has 1 aromatic carbocycles. The van der Waals surface area contributed by atoms with Gasteiger partial charge in [0.2, 0.25) is 0 Å². The Bertz CT molecular complexity index is 314. The summed E-state index contributed by atoms with van der Waals surface area (Å²) < 4.78 is 5.20. The number of fused-ring (bicyclic) bond motifs is 1. The SMILES string of the molecule is COc1ccc2c(c1)CCNC2C.Cl. The van der Waals surface area contributed by atoms with E-state index in [4.69, 9.17) is 4.74 Å². The van der Waals surface area contributed by atoms with Gasteiger partial charge in [-0.2, -0.15) is 0 Å². The summed E-state index contributed by atoms with van der Waals surface area (Å²) in [5.74, 6) is 0.966. The number of nitrogens with one attached hydrogen (secondary N) is 1. The van der Waals surface area contributed by atoms with Crippen molar-refractivity contribution in [2.24, 2.45) is 0 Å². The lowest BCUT2D eigenvalue weighted by Gasteiger charge is -2.24. The topological polar surface area (TPSA) is 21.3 Å². The van der Waals surface area contributed by atoms with Crippen LogP contribution in [-0.2, 0) is 6.42 Å². The van der Waals surface area contributed by atoms with Gasteiger partial charge >= 0.3 is 0 Å². The average molecular weight is 214 g/mol. The van der Waals surface area contributed by atoms with Crippen molar-refractivity contribution in [3.05, 3.63) is 29.3 Å². The molecule has 0 spiro atoms. The molecule has 0 fully saturated rings. The van der Waals surface area contributed by atoms with Crippen LogP contribution >= 0.6 is 12.4 Å². The van der Waals surface area contributed by atoms with Crippen LogP contribution in [-0.4, -0.2) is 13.7 Å². The molecule has 1 N–H and O–H groups in total. The minimum atomic E-state index is 0. The van der Waals surface area contributed by atoms with Crippen LogP contribution in [0, 0.1) is 0 Å². The molecule has 3 heteroatoms. The van der Waals surface area contributed by atoms with Gasteiger partial charge in [-0.15, -0.1) is 12.4 Å². The maximum atomic E-state index is 5.20. The normalized spacial score (nSPS) is 19.4. The number of ether oxygens (including phenoxy) is 1. The molecule has 2 nitrogen and oxygen atoms in total. The maximum absolute atomic E-state index is 5.20. The van der Waals surface area contributed by atoms with Crippen molar-refractivity contribution in [3.8, 4) is 5.75 Å². The summed E-state index contributed by atoms with van der Waals surface area (Å²) >= 11 is 0. The number of benzene rings is 1. The zero-order valence-electron chi connectivity index (χ0n) is 8.54. The molecule has 78 valence electrons. The summed E-state index contributed by atoms with van der Waals surface area (Å²) in [5, 5.41) is 3.43. The predicted molar refractivity (Wildman–Crippen MR) is 60.4 cm³/mol. The Morgan fingerprint density at radius 3 is 2.93 bits per heavy atom. The van der Waals surface area contributed by atoms with Gasteiger partial charge in [0.05, 0.1) is 7.11 Å². The Labute approximate surface area is 91.1 Å². The minimum Gasteiger partial charge on any atom is -0.497 e. The molecule has 0 bridgehead atoms. The van der Waals surface area contributed by atoms with Crippen LogP contribution in [0.5, 0.6) is 5.75 Å². The zero-order valence-corrected chi connectivity index (χ0v) is 9.36. The van der Waals surface area contributed by atoms with Crippen LogP contribution in [0.25, 0.3) is 0 Å². The fourth-order valence-electron chi connectivity index (χ4n) is 1.88. The highest BCUT2D eigenvalue weighted by Crippen LogP contribution is 2.25. The summed E-state index contributed by atoms with van der Waals surface area (Å²) in [5.41, 5.74) is 2.83. The van der Waals surface area contributed by atoms with Crippen molar-refractivity contribution < 1.29 is 4.74 Å². The summed E-state index contributed by atoms with van der Waals surface area (Å²) in [6.07, 6.45) is 1.11. The van der Waals surface area contributed by atoms with Gasteiger partial charge in [-0.05, 0) is 43.1 Å². The molecule has 0 saturated heterocycles. The van der Waals surface area contributed by atoms with Crippen molar-refractivity contribution in [2.45, 2.75) is 19.4 Å². The first kappa shape index (κ1) is 11.3. The second-order valence-electron chi connectivity index (χ2n) is 3.49. The molecule has 1 aliphatic heterocycles. The molecule has 0 aliphatic carbocycles. The third-order valence-electron chi connectivity index (χ3n) is 2.66. The van der Waals surface area contributed by atoms with E-state index in [0.29, 0.717) is 6.04 Å². The molecule has 1 unspecified atom stereocenters. The number of methoxy groups -OCH3 is 1. The van der Waals surface area contributed by atoms with Crippen molar-refractivity contribution in [1.29, 1.82) is 0 Å². The maximum Gasteiger partial charge on any atom is 0.119 e. The molecular weight excluding hydrogens is 198 g/mol. The Balaban J connectivity index is 0.000000980. The van der Waals surface area contributed by atoms with Gasteiger partial charge in [0, 0.05) is 6.04 Å². The van der Waals surface area contributed by atoms with E-state index in [1.165, 1.54) is 11.1 Å². The molecule has 1 heterocycles. The quantitative estimate of drug-likeness (QED) is 0.773. The van der Waals surface area contributed by atoms with Gasteiger partial charge in [-0.1, -0.05) is 6.07 Å². The average Bonchev–Trinajstić information content (AvgIpc) is 2.18. The standard InChI is InChI=1S/C11H15NO.ClH/c1-8-11-4-3-10(13-2)7-9(11)5-6-12-8;/h3-4,7-8,12H,5-6H2,1-2H3;1H. The lowest BCUT2D eigenvalue weighted by molar-refractivity contribution is 0.412. The van der Waals surface area contributed by atoms with Gasteiger partial charge in [0.15, 0.2) is 0 Å². The van der Waals surface area contributed by atoms with Gasteiger partial charge in [0.1, 0.15) is 5.75 Å². The molecule has 2 rings (SSSR count). The first-order valence-corrected chi connectivity index (χ1v) is 4.71. The van der Waals surface area contributed by atoms with E-state index in [1.54, 1.807) is 7.11 Å². The van der Waals surface area contributed by atoms with E-state index < -0.39 is 0 Å². The molecule has 1 aromatic rings. The molecular formula is C11H16ClNO. The Kier molecular flexibility index (Phi) is 3.78. The number of halogens is 1. The number of rotatable bonds is 1. The molecule has 1 aliphatic rings. The molecule has 14 heavy (non-hydrogen) atoms. The van der Waals surface area contributed by atoms with E-state index >= 15 is 0 Å². The largest absolute Gasteiger partial charge is 0.497 e. The second-order valence-corrected chi connectivity index (χ2v) is 3.49. The zero-order chi connectivity index (χ0) is 9.26. The third-order valence-corrected chi connectivity index (χ3v) is 2.66. The molecule has 0 amide bonds. The van der Waals surface area contributed by atoms with Crippen molar-refractivity contribution in [1.82, 2.24) is 5.32 Å². The second kappa shape index (κ2) is 4.67. The fourth-order valence-corrected chi connectivity index (χ4v) is 1.88. The van der Waals surface area contributed by atoms with Crippen LogP contribution in [0.2, 0.25) is 0 Å². The Hall–Kier alpha value is -0.730. The van der Waals surface area contributed by atoms with E-state index in [2.05, 4.69) is 24.4 Å². The van der Waals surface area contributed by atoms with Crippen molar-refractivity contribution >= 4 is 12.4 Å². The Morgan fingerprint density at radius 2 is 2.21 bits per heavy atom. The van der Waals surface area contributed by atoms with E-state index in [-0.39, 0.29) is 12.4 Å². The van der Waals surface area contributed by atoms with Crippen LogP contribution in [0.1, 0.15) is 24.1 Å². The highest BCUT2D eigenvalue weighted by atomic mass is 35.5. The van der Waals surface area contributed by atoms with Gasteiger partial charge in [0.25, 0.3) is 0 Å². The predicted octanol–water partition coefficient (Wildman–Crippen LogP) is 2.32. The third kappa shape index (κ3) is 2.02. The highest BCUT2D eigenvalue weighted by Gasteiger charge is 2.15. The first-order chi connectivity index (χ1) is 6.31. The first-order valence-electron chi connectivity index (χ1n) is 4.71. The molecule has 0 radical (unpaired) electrons. The lowest BCUT2D eigenvalue weighted by atomic mass is 9.95. The fraction of sp³-hybridized carbons (Fsp3) is 0.455. The van der Waals surface area contributed by atoms with E-state index in [0.717, 1.165) is 18.7 Å². The number of hydrogen-bond acceptors (Lipinski definition) is 2. The highest BCUT2D eigenvalue weighted by molar-refractivity contribution is 5.85. The van der Waals surface area contributed by atoms with Gasteiger partial charge in [-0.25, -0.2) is 0 Å². The lowest BCUT2D eigenvalue weighted by Crippen LogP contribution is -2.27. The van der Waals surface area contributed by atoms with Crippen LogP contribution in [0.15, 0.2) is 18.2 Å². The molecule has 0 aromatic heterocycles. The van der Waals surface area contributed by atoms with Crippen LogP contribution in [0.4, 0.5) is 0 Å². The molecule has 0 saturated carbocycles. The van der Waals surface area contributed by atoms with Gasteiger partial charge in [-0.3, -0.25) is 0 Å². The van der Waals surface area contributed by atoms with E-state index in [9.17, 15) is 0 Å². The summed E-state index contributed by atoms with van der Waals surface area (Å²) in [6, 6.07) is 6.81. The summed E-state index contributed by atoms with van der Waals surface area (Å²) in [7, 11) is 1.71. The van der Waals surface area contributed by atoms with Crippen LogP contribution < -0.4 is 10.1 Å². The number of hydrogen-bond donors (Lipinski definition) is 1. The van der Waals surface area contributed by atoms with Gasteiger partial charge < -0.3 is 10.1 Å². The Morgan fingerprint density at radius 1 is 1.43 bits per heavy atom. The smallest absolute Gasteiger partial charge is 0.119 e. The van der Waals surface area contributed by atoms with Crippen LogP contribution in [0.3, 0.4) is 0 Å². The van der Waals surface area contributed by atoms with Crippen molar-refractivity contribution in [2.75, 3.05) is 13.7 Å². The summed E-state index contributed by atoms with van der Waals surface area (Å²) in [4.78, 5) is 0. The minimum absolute atomic E-state index is 0. The van der Waals surface area contributed by atoms with E-state index in [1.807, 2.05) is 6.07 Å². The molecule has 1 atom stereocenters.